The molecule has 134 valence electrons. The number of cyclic esters (lactones) is 2. The number of hydrogen-bond donors (Lipinski definition) is 0. The van der Waals surface area contributed by atoms with Crippen LogP contribution in [0.2, 0.25) is 0 Å². The second-order valence-corrected chi connectivity index (χ2v) is 6.76. The molecular formula is C18H19IO6. The molecule has 25 heavy (non-hydrogen) atoms. The van der Waals surface area contributed by atoms with E-state index in [1.54, 1.807) is 18.2 Å². The molecule has 0 saturated carbocycles. The largest absolute Gasteiger partial charge is 0.490 e. The molecule has 0 unspecified atom stereocenters. The number of carbonyl (C=O) groups excluding carboxylic acids is 2. The lowest BCUT2D eigenvalue weighted by Gasteiger charge is -2.29. The highest BCUT2D eigenvalue weighted by Crippen LogP contribution is 2.35. The van der Waals surface area contributed by atoms with Gasteiger partial charge in [0, 0.05) is 13.8 Å². The van der Waals surface area contributed by atoms with Gasteiger partial charge in [0.15, 0.2) is 11.5 Å². The molecule has 0 aliphatic carbocycles. The molecule has 2 rings (SSSR count). The Morgan fingerprint density at radius 2 is 1.84 bits per heavy atom. The average molecular weight is 458 g/mol. The molecule has 7 heteroatoms. The highest BCUT2D eigenvalue weighted by atomic mass is 127. The van der Waals surface area contributed by atoms with E-state index >= 15 is 0 Å². The van der Waals surface area contributed by atoms with Crippen LogP contribution in [-0.4, -0.2) is 30.9 Å². The van der Waals surface area contributed by atoms with E-state index in [-0.39, 0.29) is 5.57 Å². The molecule has 0 aromatic heterocycles. The Labute approximate surface area is 159 Å². The minimum absolute atomic E-state index is 0.169. The zero-order valence-electron chi connectivity index (χ0n) is 14.3. The van der Waals surface area contributed by atoms with Gasteiger partial charge in [0.2, 0.25) is 0 Å². The predicted octanol–water partition coefficient (Wildman–Crippen LogP) is 3.47. The smallest absolute Gasteiger partial charge is 0.348 e. The zero-order valence-corrected chi connectivity index (χ0v) is 16.4. The van der Waals surface area contributed by atoms with Crippen LogP contribution in [0.4, 0.5) is 0 Å². The van der Waals surface area contributed by atoms with Crippen molar-refractivity contribution in [1.82, 2.24) is 0 Å². The van der Waals surface area contributed by atoms with Crippen molar-refractivity contribution in [1.29, 1.82) is 0 Å². The molecular weight excluding hydrogens is 439 g/mol. The van der Waals surface area contributed by atoms with E-state index in [9.17, 15) is 9.59 Å². The molecule has 0 amide bonds. The van der Waals surface area contributed by atoms with E-state index in [0.29, 0.717) is 30.3 Å². The third-order valence-electron chi connectivity index (χ3n) is 3.11. The van der Waals surface area contributed by atoms with Crippen molar-refractivity contribution >= 4 is 40.6 Å². The SMILES string of the molecule is C=CCOc1c(I)cc(C=C2C(=O)OC(C)(C)OC2=O)cc1OCC. The van der Waals surface area contributed by atoms with E-state index in [2.05, 4.69) is 29.2 Å². The summed E-state index contributed by atoms with van der Waals surface area (Å²) in [6.07, 6.45) is 3.05. The number of rotatable bonds is 6. The number of carbonyl (C=O) groups is 2. The Hall–Kier alpha value is -2.03. The van der Waals surface area contributed by atoms with Gasteiger partial charge in [0.25, 0.3) is 5.79 Å². The topological polar surface area (TPSA) is 71.1 Å². The standard InChI is InChI=1S/C18H19IO6/c1-5-7-23-15-13(19)9-11(10-14(15)22-6-2)8-12-16(20)24-18(3,4)25-17(12)21/h5,8-10H,1,6-7H2,2-4H3. The van der Waals surface area contributed by atoms with Crippen molar-refractivity contribution in [3.63, 3.8) is 0 Å². The van der Waals surface area contributed by atoms with Crippen LogP contribution in [0.1, 0.15) is 26.3 Å². The Morgan fingerprint density at radius 3 is 2.40 bits per heavy atom. The molecule has 1 aromatic carbocycles. The van der Waals surface area contributed by atoms with Gasteiger partial charge < -0.3 is 18.9 Å². The van der Waals surface area contributed by atoms with E-state index in [4.69, 9.17) is 18.9 Å². The lowest BCUT2D eigenvalue weighted by Crippen LogP contribution is -2.41. The fourth-order valence-electron chi connectivity index (χ4n) is 2.16. The predicted molar refractivity (Wildman–Crippen MR) is 100 cm³/mol. The summed E-state index contributed by atoms with van der Waals surface area (Å²) < 4.78 is 22.2. The molecule has 1 fully saturated rings. The molecule has 1 aromatic rings. The quantitative estimate of drug-likeness (QED) is 0.214. The third kappa shape index (κ3) is 4.75. The van der Waals surface area contributed by atoms with Gasteiger partial charge in [-0.25, -0.2) is 9.59 Å². The first kappa shape index (κ1) is 19.3. The summed E-state index contributed by atoms with van der Waals surface area (Å²) in [4.78, 5) is 24.1. The molecule has 1 saturated heterocycles. The van der Waals surface area contributed by atoms with Crippen LogP contribution in [0.5, 0.6) is 11.5 Å². The normalized spacial score (nSPS) is 15.9. The number of benzene rings is 1. The summed E-state index contributed by atoms with van der Waals surface area (Å²) in [5.41, 5.74) is 0.430. The second-order valence-electron chi connectivity index (χ2n) is 5.60. The van der Waals surface area contributed by atoms with Crippen LogP contribution < -0.4 is 9.47 Å². The summed E-state index contributed by atoms with van der Waals surface area (Å²) >= 11 is 2.10. The summed E-state index contributed by atoms with van der Waals surface area (Å²) in [6.45, 7) is 9.26. The van der Waals surface area contributed by atoms with Crippen molar-refractivity contribution in [2.75, 3.05) is 13.2 Å². The molecule has 0 N–H and O–H groups in total. The van der Waals surface area contributed by atoms with Crippen LogP contribution in [0.3, 0.4) is 0 Å². The number of esters is 2. The summed E-state index contributed by atoms with van der Waals surface area (Å²) in [6, 6.07) is 3.46. The molecule has 0 spiro atoms. The zero-order chi connectivity index (χ0) is 18.6. The van der Waals surface area contributed by atoms with Crippen LogP contribution >= 0.6 is 22.6 Å². The van der Waals surface area contributed by atoms with E-state index < -0.39 is 17.7 Å². The Kier molecular flexibility index (Phi) is 6.10. The van der Waals surface area contributed by atoms with Crippen LogP contribution in [0.15, 0.2) is 30.4 Å². The van der Waals surface area contributed by atoms with Crippen molar-refractivity contribution in [3.05, 3.63) is 39.5 Å². The fourth-order valence-corrected chi connectivity index (χ4v) is 2.94. The fraction of sp³-hybridized carbons (Fsp3) is 0.333. The summed E-state index contributed by atoms with van der Waals surface area (Å²) in [5, 5.41) is 0. The molecule has 1 aliphatic rings. The number of halogens is 1. The number of hydrogen-bond acceptors (Lipinski definition) is 6. The van der Waals surface area contributed by atoms with E-state index in [1.165, 1.54) is 19.9 Å². The summed E-state index contributed by atoms with van der Waals surface area (Å²) in [5.74, 6) is -1.61. The van der Waals surface area contributed by atoms with Gasteiger partial charge in [-0.3, -0.25) is 0 Å². The van der Waals surface area contributed by atoms with E-state index in [1.807, 2.05) is 6.92 Å². The van der Waals surface area contributed by atoms with Crippen LogP contribution in [0.25, 0.3) is 6.08 Å². The van der Waals surface area contributed by atoms with Gasteiger partial charge in [-0.05, 0) is 53.3 Å². The van der Waals surface area contributed by atoms with Crippen LogP contribution in [-0.2, 0) is 19.1 Å². The van der Waals surface area contributed by atoms with Crippen molar-refractivity contribution < 1.29 is 28.5 Å². The third-order valence-corrected chi connectivity index (χ3v) is 3.91. The monoisotopic (exact) mass is 458 g/mol. The molecule has 0 radical (unpaired) electrons. The van der Waals surface area contributed by atoms with Gasteiger partial charge in [0.05, 0.1) is 10.2 Å². The minimum Gasteiger partial charge on any atom is -0.490 e. The average Bonchev–Trinajstić information content (AvgIpc) is 2.49. The van der Waals surface area contributed by atoms with Gasteiger partial charge in [-0.15, -0.1) is 0 Å². The van der Waals surface area contributed by atoms with Crippen molar-refractivity contribution in [2.24, 2.45) is 0 Å². The maximum absolute atomic E-state index is 12.1. The van der Waals surface area contributed by atoms with Gasteiger partial charge >= 0.3 is 11.9 Å². The van der Waals surface area contributed by atoms with Gasteiger partial charge in [-0.1, -0.05) is 12.7 Å². The van der Waals surface area contributed by atoms with Gasteiger partial charge in [-0.2, -0.15) is 0 Å². The Morgan fingerprint density at radius 1 is 1.20 bits per heavy atom. The number of ether oxygens (including phenoxy) is 4. The lowest BCUT2D eigenvalue weighted by atomic mass is 10.1. The first-order valence-corrected chi connectivity index (χ1v) is 8.73. The Balaban J connectivity index is 2.41. The first-order valence-electron chi connectivity index (χ1n) is 7.65. The first-order chi connectivity index (χ1) is 11.8. The molecule has 0 bridgehead atoms. The van der Waals surface area contributed by atoms with E-state index in [0.717, 1.165) is 3.57 Å². The van der Waals surface area contributed by atoms with Crippen molar-refractivity contribution in [2.45, 2.75) is 26.6 Å². The maximum Gasteiger partial charge on any atom is 0.348 e. The summed E-state index contributed by atoms with van der Waals surface area (Å²) in [7, 11) is 0. The molecule has 6 nitrogen and oxygen atoms in total. The second kappa shape index (κ2) is 7.90. The lowest BCUT2D eigenvalue weighted by molar-refractivity contribution is -0.222. The van der Waals surface area contributed by atoms with Crippen LogP contribution in [0, 0.1) is 3.57 Å². The molecule has 1 aliphatic heterocycles. The van der Waals surface area contributed by atoms with Crippen molar-refractivity contribution in [3.8, 4) is 11.5 Å². The van der Waals surface area contributed by atoms with Gasteiger partial charge in [0.1, 0.15) is 12.2 Å². The molecule has 1 heterocycles. The highest BCUT2D eigenvalue weighted by molar-refractivity contribution is 14.1. The minimum atomic E-state index is -1.27. The molecule has 0 atom stereocenters. The maximum atomic E-state index is 12.1. The Bertz CT molecular complexity index is 713. The highest BCUT2D eigenvalue weighted by Gasteiger charge is 2.38.